The minimum Gasteiger partial charge on any atom is -0.387 e. The summed E-state index contributed by atoms with van der Waals surface area (Å²) in [6, 6.07) is -0.898. The van der Waals surface area contributed by atoms with Crippen molar-refractivity contribution in [2.45, 2.75) is 199 Å². The zero-order valence-electron chi connectivity index (χ0n) is 45.6. The zero-order valence-corrected chi connectivity index (χ0v) is 46.5. The van der Waals surface area contributed by atoms with Crippen molar-refractivity contribution < 1.29 is 32.9 Å². The Morgan fingerprint density at radius 2 is 0.859 bits per heavy atom. The summed E-state index contributed by atoms with van der Waals surface area (Å²) in [7, 11) is 1.50. The monoisotopic (exact) mass is 1000 g/mol. The van der Waals surface area contributed by atoms with Gasteiger partial charge >= 0.3 is 7.82 Å². The number of nitrogens with one attached hydrogen (secondary N) is 1. The molecule has 0 radical (unpaired) electrons. The molecule has 0 aromatic rings. The van der Waals surface area contributed by atoms with Crippen LogP contribution in [0.3, 0.4) is 0 Å². The summed E-state index contributed by atoms with van der Waals surface area (Å²) in [6.45, 7) is 4.62. The first-order chi connectivity index (χ1) is 34.5. The van der Waals surface area contributed by atoms with Crippen molar-refractivity contribution in [3.63, 3.8) is 0 Å². The summed E-state index contributed by atoms with van der Waals surface area (Å²) in [4.78, 5) is 23.2. The minimum absolute atomic E-state index is 0.0390. The van der Waals surface area contributed by atoms with E-state index >= 15 is 0 Å². The van der Waals surface area contributed by atoms with Crippen molar-refractivity contribution >= 4 is 13.7 Å². The molecule has 0 aliphatic carbocycles. The molecule has 71 heavy (non-hydrogen) atoms. The third-order valence-corrected chi connectivity index (χ3v) is 12.3. The Bertz CT molecular complexity index is 1660. The average Bonchev–Trinajstić information content (AvgIpc) is 3.33. The van der Waals surface area contributed by atoms with Crippen molar-refractivity contribution in [2.75, 3.05) is 40.9 Å². The topological polar surface area (TPSA) is 105 Å². The van der Waals surface area contributed by atoms with Crippen LogP contribution in [-0.2, 0) is 18.4 Å². The lowest BCUT2D eigenvalue weighted by atomic mass is 10.1. The van der Waals surface area contributed by atoms with Crippen LogP contribution in [-0.4, -0.2) is 73.4 Å². The molecule has 402 valence electrons. The number of carbonyl (C=O) groups is 1. The van der Waals surface area contributed by atoms with E-state index in [9.17, 15) is 19.4 Å². The molecule has 0 saturated heterocycles. The van der Waals surface area contributed by atoms with E-state index in [1.807, 2.05) is 27.2 Å². The lowest BCUT2D eigenvalue weighted by Gasteiger charge is -2.25. The van der Waals surface area contributed by atoms with Crippen molar-refractivity contribution in [1.29, 1.82) is 0 Å². The van der Waals surface area contributed by atoms with Gasteiger partial charge < -0.3 is 19.8 Å². The van der Waals surface area contributed by atoms with E-state index in [0.717, 1.165) is 96.3 Å². The van der Waals surface area contributed by atoms with E-state index in [0.29, 0.717) is 17.4 Å². The van der Waals surface area contributed by atoms with Crippen LogP contribution in [0, 0.1) is 0 Å². The number of allylic oxidation sites excluding steroid dienone is 23. The zero-order chi connectivity index (χ0) is 52.0. The van der Waals surface area contributed by atoms with Gasteiger partial charge in [0.1, 0.15) is 13.2 Å². The number of carbonyl (C=O) groups excluding carboxylic acids is 1. The van der Waals surface area contributed by atoms with Gasteiger partial charge in [-0.05, 0) is 109 Å². The molecular weight excluding hydrogens is 900 g/mol. The molecule has 0 spiro atoms. The van der Waals surface area contributed by atoms with E-state index in [1.165, 1.54) is 64.2 Å². The van der Waals surface area contributed by atoms with Gasteiger partial charge in [-0.15, -0.1) is 0 Å². The number of unbranched alkanes of at least 4 members (excludes halogenated alkanes) is 13. The van der Waals surface area contributed by atoms with Crippen molar-refractivity contribution in [2.24, 2.45) is 0 Å². The number of quaternary nitrogens is 1. The molecule has 8 nitrogen and oxygen atoms in total. The molecule has 3 atom stereocenters. The number of phosphoric ester groups is 1. The molecule has 0 aliphatic heterocycles. The highest BCUT2D eigenvalue weighted by molar-refractivity contribution is 7.47. The summed E-state index contributed by atoms with van der Waals surface area (Å²) in [5, 5.41) is 13.8. The van der Waals surface area contributed by atoms with Crippen LogP contribution in [0.1, 0.15) is 187 Å². The molecule has 3 N–H and O–H groups in total. The van der Waals surface area contributed by atoms with Crippen LogP contribution in [0.15, 0.2) is 146 Å². The van der Waals surface area contributed by atoms with Crippen molar-refractivity contribution in [1.82, 2.24) is 5.32 Å². The molecule has 0 heterocycles. The maximum atomic E-state index is 12.9. The first-order valence-corrected chi connectivity index (χ1v) is 29.2. The second kappa shape index (κ2) is 51.3. The van der Waals surface area contributed by atoms with Crippen LogP contribution < -0.4 is 5.32 Å². The number of rotatable bonds is 48. The number of amides is 1. The molecule has 0 aromatic carbocycles. The second-order valence-corrected chi connectivity index (χ2v) is 20.7. The highest BCUT2D eigenvalue weighted by atomic mass is 31.2. The van der Waals surface area contributed by atoms with Crippen LogP contribution in [0.5, 0.6) is 0 Å². The Balaban J connectivity index is 4.39. The van der Waals surface area contributed by atoms with Gasteiger partial charge in [0.15, 0.2) is 0 Å². The van der Waals surface area contributed by atoms with Gasteiger partial charge in [0, 0.05) is 6.42 Å². The summed E-state index contributed by atoms with van der Waals surface area (Å²) >= 11 is 0. The molecule has 0 fully saturated rings. The summed E-state index contributed by atoms with van der Waals surface area (Å²) < 4.78 is 23.6. The Hall–Kier alpha value is -3.62. The molecule has 0 aliphatic rings. The SMILES string of the molecule is CC/C=C\C/C=C\C/C=C\C/C=C\C/C=C\C/C=C\C/C=C\C/C=C\C/C=C\C/C=C\CCCCC(=O)NC(COP(=O)(O)OCC[N+](C)(C)C)C(O)/C=C/CC/C=C/CCCCCCCCCCCC. The normalized spacial score (nSPS) is 15.1. The molecule has 1 amide bonds. The van der Waals surface area contributed by atoms with Gasteiger partial charge in [-0.3, -0.25) is 13.8 Å². The smallest absolute Gasteiger partial charge is 0.387 e. The van der Waals surface area contributed by atoms with Crippen molar-refractivity contribution in [3.8, 4) is 0 Å². The number of hydrogen-bond donors (Lipinski definition) is 3. The summed E-state index contributed by atoms with van der Waals surface area (Å²) in [5.74, 6) is -0.236. The third-order valence-electron chi connectivity index (χ3n) is 11.3. The van der Waals surface area contributed by atoms with Gasteiger partial charge in [0.25, 0.3) is 0 Å². The molecular formula is C62H104N2O6P+. The summed E-state index contributed by atoms with van der Waals surface area (Å²) in [5.41, 5.74) is 0. The standard InChI is InChI=1S/C62H103N2O6P/c1-6-8-10-12-14-16-18-20-22-24-25-26-27-28-29-30-31-32-33-34-35-36-37-38-39-40-42-44-46-48-50-52-54-56-62(66)63-60(59-70-71(67,68)69-58-57-64(3,4)5)61(65)55-53-51-49-47-45-43-41-23-21-19-17-15-13-11-9-7-2/h8,10,14,16,20,22,25-26,28-29,31-32,34-35,37-38,40,42,45-48,53,55,60-61,65H,6-7,9,11-13,15,17-19,21,23-24,27,30,33,36,39,41,43-44,49-52,54,56-59H2,1-5H3,(H-,63,66,67,68)/p+1/b10-8-,16-14-,22-20-,26-25-,29-28-,32-31-,35-34-,38-37-,42-40-,47-45+,48-46-,55-53+. The Morgan fingerprint density at radius 3 is 1.30 bits per heavy atom. The molecule has 9 heteroatoms. The predicted octanol–water partition coefficient (Wildman–Crippen LogP) is 16.9. The number of likely N-dealkylation sites (N-methyl/N-ethyl adjacent to an activating group) is 1. The van der Waals surface area contributed by atoms with E-state index in [-0.39, 0.29) is 25.5 Å². The second-order valence-electron chi connectivity index (χ2n) is 19.2. The highest BCUT2D eigenvalue weighted by Gasteiger charge is 2.27. The fourth-order valence-corrected chi connectivity index (χ4v) is 7.70. The quantitative estimate of drug-likeness (QED) is 0.0243. The van der Waals surface area contributed by atoms with Crippen molar-refractivity contribution in [3.05, 3.63) is 146 Å². The Morgan fingerprint density at radius 1 is 0.493 bits per heavy atom. The fourth-order valence-electron chi connectivity index (χ4n) is 6.97. The fraction of sp³-hybridized carbons (Fsp3) is 0.597. The summed E-state index contributed by atoms with van der Waals surface area (Å²) in [6.07, 6.45) is 79.5. The maximum Gasteiger partial charge on any atom is 0.472 e. The number of aliphatic hydroxyl groups is 1. The van der Waals surface area contributed by atoms with Crippen LogP contribution >= 0.6 is 7.82 Å². The highest BCUT2D eigenvalue weighted by Crippen LogP contribution is 2.43. The van der Waals surface area contributed by atoms with Gasteiger partial charge in [-0.1, -0.05) is 217 Å². The molecule has 3 unspecified atom stereocenters. The van der Waals surface area contributed by atoms with E-state index < -0.39 is 20.0 Å². The Labute approximate surface area is 436 Å². The number of nitrogens with zero attached hydrogens (tertiary/aromatic N) is 1. The van der Waals surface area contributed by atoms with Gasteiger partial charge in [-0.2, -0.15) is 0 Å². The minimum atomic E-state index is -4.38. The molecule has 0 rings (SSSR count). The predicted molar refractivity (Wildman–Crippen MR) is 308 cm³/mol. The Kier molecular flexibility index (Phi) is 48.7. The first-order valence-electron chi connectivity index (χ1n) is 27.7. The number of aliphatic hydroxyl groups excluding tert-OH is 1. The maximum absolute atomic E-state index is 12.9. The number of hydrogen-bond acceptors (Lipinski definition) is 5. The van der Waals surface area contributed by atoms with E-state index in [4.69, 9.17) is 9.05 Å². The molecule has 0 bridgehead atoms. The third kappa shape index (κ3) is 54.0. The van der Waals surface area contributed by atoms with Crippen LogP contribution in [0.2, 0.25) is 0 Å². The van der Waals surface area contributed by atoms with E-state index in [1.54, 1.807) is 6.08 Å². The van der Waals surface area contributed by atoms with E-state index in [2.05, 4.69) is 153 Å². The van der Waals surface area contributed by atoms with Gasteiger partial charge in [-0.25, -0.2) is 4.57 Å². The molecule has 0 saturated carbocycles. The lowest BCUT2D eigenvalue weighted by Crippen LogP contribution is -2.45. The molecule has 0 aromatic heterocycles. The average molecular weight is 1000 g/mol. The van der Waals surface area contributed by atoms with Crippen LogP contribution in [0.25, 0.3) is 0 Å². The largest absolute Gasteiger partial charge is 0.472 e. The number of phosphoric acid groups is 1. The van der Waals surface area contributed by atoms with Gasteiger partial charge in [0.05, 0.1) is 39.9 Å². The van der Waals surface area contributed by atoms with Crippen LogP contribution in [0.4, 0.5) is 0 Å². The van der Waals surface area contributed by atoms with Gasteiger partial charge in [0.2, 0.25) is 5.91 Å². The first kappa shape index (κ1) is 67.4. The lowest BCUT2D eigenvalue weighted by molar-refractivity contribution is -0.870.